The molecule has 0 aliphatic carbocycles. The second-order valence-electron chi connectivity index (χ2n) is 7.43. The lowest BCUT2D eigenvalue weighted by Gasteiger charge is -2.27. The Morgan fingerprint density at radius 3 is 2.58 bits per heavy atom. The van der Waals surface area contributed by atoms with Gasteiger partial charge in [-0.2, -0.15) is 13.2 Å². The molecule has 3 heterocycles. The first-order valence-corrected chi connectivity index (χ1v) is 10.7. The van der Waals surface area contributed by atoms with Crippen molar-refractivity contribution < 1.29 is 18.0 Å². The molecule has 0 saturated carbocycles. The van der Waals surface area contributed by atoms with Crippen LogP contribution >= 0.6 is 11.3 Å². The Hall–Kier alpha value is -3.60. The maximum absolute atomic E-state index is 13.5. The fourth-order valence-electron chi connectivity index (χ4n) is 3.31. The number of nitrogen functional groups attached to an aromatic ring is 1. The number of thiazole rings is 1. The van der Waals surface area contributed by atoms with E-state index in [9.17, 15) is 18.0 Å². The Morgan fingerprint density at radius 2 is 1.91 bits per heavy atom. The third-order valence-electron chi connectivity index (χ3n) is 5.12. The van der Waals surface area contributed by atoms with Crippen LogP contribution in [0.4, 0.5) is 19.0 Å². The van der Waals surface area contributed by atoms with Crippen molar-refractivity contribution in [2.45, 2.75) is 32.6 Å². The number of benzene rings is 1. The summed E-state index contributed by atoms with van der Waals surface area (Å²) in [5, 5.41) is 0.884. The van der Waals surface area contributed by atoms with Crippen molar-refractivity contribution in [1.29, 1.82) is 0 Å². The van der Waals surface area contributed by atoms with E-state index >= 15 is 0 Å². The number of hydrogen-bond acceptors (Lipinski definition) is 7. The number of nitrogens with zero attached hydrogens (tertiary/aromatic N) is 5. The predicted molar refractivity (Wildman–Crippen MR) is 118 cm³/mol. The third kappa shape index (κ3) is 4.77. The van der Waals surface area contributed by atoms with Crippen molar-refractivity contribution in [1.82, 2.24) is 24.8 Å². The summed E-state index contributed by atoms with van der Waals surface area (Å²) in [6.45, 7) is 3.41. The number of aryl methyl sites for hydroxylation is 1. The van der Waals surface area contributed by atoms with Crippen LogP contribution < -0.4 is 5.73 Å². The number of hydrogen-bond donors (Lipinski definition) is 1. The van der Waals surface area contributed by atoms with Crippen molar-refractivity contribution in [2.75, 3.05) is 5.73 Å². The van der Waals surface area contributed by atoms with Gasteiger partial charge in [0, 0.05) is 23.3 Å². The lowest BCUT2D eigenvalue weighted by atomic mass is 10.1. The van der Waals surface area contributed by atoms with Crippen molar-refractivity contribution in [3.63, 3.8) is 0 Å². The number of carbonyl (C=O) groups is 1. The molecule has 33 heavy (non-hydrogen) atoms. The molecule has 0 radical (unpaired) electrons. The summed E-state index contributed by atoms with van der Waals surface area (Å²) in [4.78, 5) is 30.7. The number of rotatable bonds is 5. The first kappa shape index (κ1) is 22.6. The lowest BCUT2D eigenvalue weighted by molar-refractivity contribution is -0.134. The molecule has 2 N–H and O–H groups in total. The summed E-state index contributed by atoms with van der Waals surface area (Å²) >= 11 is 0.505. The van der Waals surface area contributed by atoms with Crippen LogP contribution in [0.3, 0.4) is 0 Å². The van der Waals surface area contributed by atoms with Crippen molar-refractivity contribution in [3.05, 3.63) is 75.8 Å². The normalized spacial score (nSPS) is 12.6. The number of anilines is 1. The van der Waals surface area contributed by atoms with Gasteiger partial charge in [-0.3, -0.25) is 4.79 Å². The van der Waals surface area contributed by atoms with Gasteiger partial charge in [0.25, 0.3) is 5.91 Å². The van der Waals surface area contributed by atoms with Gasteiger partial charge in [0.1, 0.15) is 21.5 Å². The van der Waals surface area contributed by atoms with Gasteiger partial charge in [-0.25, -0.2) is 19.9 Å². The summed E-state index contributed by atoms with van der Waals surface area (Å²) in [7, 11) is 0. The number of nitrogens with two attached hydrogens (primary N) is 1. The monoisotopic (exact) mass is 472 g/mol. The van der Waals surface area contributed by atoms with Crippen LogP contribution in [0.2, 0.25) is 0 Å². The fourth-order valence-corrected chi connectivity index (χ4v) is 4.09. The molecule has 4 rings (SSSR count). The molecular formula is C22H19F3N6OS. The largest absolute Gasteiger partial charge is 0.427 e. The average Bonchev–Trinajstić information content (AvgIpc) is 3.27. The second kappa shape index (κ2) is 8.74. The average molecular weight is 472 g/mol. The summed E-state index contributed by atoms with van der Waals surface area (Å²) < 4.78 is 39.2. The molecule has 0 spiro atoms. The van der Waals surface area contributed by atoms with Crippen LogP contribution in [0.5, 0.6) is 0 Å². The number of fused-ring (bicyclic) bond motifs is 1. The molecule has 0 saturated heterocycles. The third-order valence-corrected chi connectivity index (χ3v) is 6.14. The van der Waals surface area contributed by atoms with E-state index in [2.05, 4.69) is 19.9 Å². The minimum atomic E-state index is -4.50. The number of alkyl halides is 3. The zero-order valence-electron chi connectivity index (χ0n) is 17.7. The number of aromatic nitrogens is 4. The van der Waals surface area contributed by atoms with Crippen LogP contribution in [0.15, 0.2) is 48.9 Å². The zero-order valence-corrected chi connectivity index (χ0v) is 18.5. The molecule has 170 valence electrons. The minimum absolute atomic E-state index is 0.129. The van der Waals surface area contributed by atoms with E-state index in [-0.39, 0.29) is 11.6 Å². The topological polar surface area (TPSA) is 97.9 Å². The lowest BCUT2D eigenvalue weighted by Crippen LogP contribution is -2.34. The summed E-state index contributed by atoms with van der Waals surface area (Å²) in [5.41, 5.74) is 7.63. The molecule has 1 aromatic carbocycles. The highest BCUT2D eigenvalue weighted by molar-refractivity contribution is 7.11. The standard InChI is InChI=1S/C22H19F3N6OS/c1-12-8-15-9-14(4-5-16(15)30-19(12)26)21(32)31(13(2)20-27-6-3-7-28-20)11-18-29-10-17(33-18)22(23,24)25/h3-10,13H,11H2,1-2H3,(H2,26,30)/t13-/m1/s1. The Balaban J connectivity index is 1.72. The van der Waals surface area contributed by atoms with Gasteiger partial charge in [0.15, 0.2) is 0 Å². The highest BCUT2D eigenvalue weighted by Crippen LogP contribution is 2.34. The molecular weight excluding hydrogens is 453 g/mol. The molecule has 4 aromatic rings. The van der Waals surface area contributed by atoms with Gasteiger partial charge >= 0.3 is 6.18 Å². The minimum Gasteiger partial charge on any atom is -0.383 e. The summed E-state index contributed by atoms with van der Waals surface area (Å²) in [6.07, 6.45) is -0.631. The Bertz CT molecular complexity index is 1310. The van der Waals surface area contributed by atoms with Gasteiger partial charge in [-0.15, -0.1) is 11.3 Å². The molecule has 0 fully saturated rings. The molecule has 1 atom stereocenters. The quantitative estimate of drug-likeness (QED) is 0.448. The first-order valence-electron chi connectivity index (χ1n) is 9.90. The van der Waals surface area contributed by atoms with Crippen molar-refractivity contribution >= 4 is 34.0 Å². The van der Waals surface area contributed by atoms with Gasteiger partial charge < -0.3 is 10.6 Å². The fraction of sp³-hybridized carbons (Fsp3) is 0.227. The van der Waals surface area contributed by atoms with E-state index in [1.165, 1.54) is 4.90 Å². The van der Waals surface area contributed by atoms with Crippen LogP contribution in [-0.2, 0) is 12.7 Å². The number of pyridine rings is 1. The first-order chi connectivity index (χ1) is 15.6. The predicted octanol–water partition coefficient (Wildman–Crippen LogP) is 4.79. The Kier molecular flexibility index (Phi) is 5.98. The number of halogens is 3. The maximum atomic E-state index is 13.5. The molecule has 3 aromatic heterocycles. The van der Waals surface area contributed by atoms with Crippen molar-refractivity contribution in [2.24, 2.45) is 0 Å². The smallest absolute Gasteiger partial charge is 0.383 e. The summed E-state index contributed by atoms with van der Waals surface area (Å²) in [6, 6.07) is 7.85. The summed E-state index contributed by atoms with van der Waals surface area (Å²) in [5.74, 6) is 0.377. The molecule has 0 aliphatic rings. The highest BCUT2D eigenvalue weighted by Gasteiger charge is 2.34. The van der Waals surface area contributed by atoms with Crippen LogP contribution in [0.1, 0.15) is 44.6 Å². The van der Waals surface area contributed by atoms with Crippen LogP contribution in [0, 0.1) is 6.92 Å². The molecule has 7 nitrogen and oxygen atoms in total. The van der Waals surface area contributed by atoms with Gasteiger partial charge in [0.05, 0.1) is 24.3 Å². The van der Waals surface area contributed by atoms with E-state index in [4.69, 9.17) is 5.73 Å². The molecule has 0 aliphatic heterocycles. The number of carbonyl (C=O) groups excluding carboxylic acids is 1. The Labute approximate surface area is 191 Å². The Morgan fingerprint density at radius 1 is 1.18 bits per heavy atom. The zero-order chi connectivity index (χ0) is 23.8. The molecule has 11 heteroatoms. The van der Waals surface area contributed by atoms with Crippen LogP contribution in [0.25, 0.3) is 10.9 Å². The molecule has 0 bridgehead atoms. The highest BCUT2D eigenvalue weighted by atomic mass is 32.1. The van der Waals surface area contributed by atoms with Gasteiger partial charge in [-0.1, -0.05) is 0 Å². The van der Waals surface area contributed by atoms with Crippen molar-refractivity contribution in [3.8, 4) is 0 Å². The van der Waals surface area contributed by atoms with Crippen LogP contribution in [-0.4, -0.2) is 30.7 Å². The van der Waals surface area contributed by atoms with E-state index in [1.54, 1.807) is 43.6 Å². The van der Waals surface area contributed by atoms with Gasteiger partial charge in [0.2, 0.25) is 0 Å². The SMILES string of the molecule is Cc1cc2cc(C(=O)N(Cc3ncc(C(F)(F)F)s3)[C@H](C)c3ncccn3)ccc2nc1N. The molecule has 1 amide bonds. The number of amides is 1. The molecule has 0 unspecified atom stereocenters. The van der Waals surface area contributed by atoms with E-state index < -0.39 is 23.0 Å². The van der Waals surface area contributed by atoms with E-state index in [0.717, 1.165) is 17.1 Å². The van der Waals surface area contributed by atoms with E-state index in [1.807, 2.05) is 13.0 Å². The van der Waals surface area contributed by atoms with Gasteiger partial charge in [-0.05, 0) is 49.7 Å². The van der Waals surface area contributed by atoms with E-state index in [0.29, 0.717) is 34.1 Å². The second-order valence-corrected chi connectivity index (χ2v) is 8.55. The maximum Gasteiger partial charge on any atom is 0.427 e.